The molecular formula is C14H12FN3O4S. The molecule has 2 N–H and O–H groups in total. The van der Waals surface area contributed by atoms with Gasteiger partial charge in [-0.2, -0.15) is 0 Å². The van der Waals surface area contributed by atoms with E-state index in [0.717, 1.165) is 18.2 Å². The Labute approximate surface area is 134 Å². The molecule has 7 nitrogen and oxygen atoms in total. The summed E-state index contributed by atoms with van der Waals surface area (Å²) in [7, 11) is 0. The van der Waals surface area contributed by atoms with Gasteiger partial charge in [0.1, 0.15) is 5.82 Å². The minimum atomic E-state index is -0.772. The van der Waals surface area contributed by atoms with E-state index in [0.29, 0.717) is 4.88 Å². The Balaban J connectivity index is 1.86. The Bertz CT molecular complexity index is 734. The zero-order chi connectivity index (χ0) is 16.8. The van der Waals surface area contributed by atoms with Crippen LogP contribution in [0, 0.1) is 15.9 Å². The number of hydrogen-bond acceptors (Lipinski definition) is 5. The maximum atomic E-state index is 13.5. The second kappa shape index (κ2) is 7.45. The van der Waals surface area contributed by atoms with Crippen molar-refractivity contribution in [3.05, 3.63) is 56.5 Å². The van der Waals surface area contributed by atoms with Crippen molar-refractivity contribution in [3.8, 4) is 0 Å². The number of benzene rings is 1. The fourth-order valence-corrected chi connectivity index (χ4v) is 2.36. The molecule has 1 aromatic carbocycles. The molecular weight excluding hydrogens is 325 g/mol. The quantitative estimate of drug-likeness (QED) is 0.625. The Kier molecular flexibility index (Phi) is 5.36. The molecule has 0 bridgehead atoms. The first kappa shape index (κ1) is 16.6. The molecule has 23 heavy (non-hydrogen) atoms. The minimum Gasteiger partial charge on any atom is -0.351 e. The van der Waals surface area contributed by atoms with E-state index < -0.39 is 16.6 Å². The lowest BCUT2D eigenvalue weighted by Crippen LogP contribution is -2.27. The van der Waals surface area contributed by atoms with Gasteiger partial charge in [-0.3, -0.25) is 19.7 Å². The molecule has 0 aliphatic rings. The van der Waals surface area contributed by atoms with Crippen molar-refractivity contribution in [1.29, 1.82) is 0 Å². The third-order valence-electron chi connectivity index (χ3n) is 2.82. The van der Waals surface area contributed by atoms with E-state index in [1.807, 2.05) is 0 Å². The predicted molar refractivity (Wildman–Crippen MR) is 83.0 cm³/mol. The van der Waals surface area contributed by atoms with Gasteiger partial charge in [0.15, 0.2) is 0 Å². The number of amides is 2. The topological polar surface area (TPSA) is 101 Å². The van der Waals surface area contributed by atoms with Crippen molar-refractivity contribution in [2.75, 3.05) is 11.9 Å². The second-order valence-corrected chi connectivity index (χ2v) is 5.40. The number of nitrogens with zero attached hydrogens (tertiary/aromatic N) is 1. The number of nitrogens with one attached hydrogen (secondary N) is 2. The van der Waals surface area contributed by atoms with Gasteiger partial charge in [-0.05, 0) is 17.5 Å². The van der Waals surface area contributed by atoms with Crippen LogP contribution in [0.3, 0.4) is 0 Å². The van der Waals surface area contributed by atoms with Gasteiger partial charge < -0.3 is 10.6 Å². The number of nitro benzene ring substituents is 1. The summed E-state index contributed by atoms with van der Waals surface area (Å²) in [5, 5.41) is 17.2. The van der Waals surface area contributed by atoms with Crippen molar-refractivity contribution in [3.63, 3.8) is 0 Å². The highest BCUT2D eigenvalue weighted by molar-refractivity contribution is 7.12. The van der Waals surface area contributed by atoms with Crippen LogP contribution in [0.2, 0.25) is 0 Å². The Morgan fingerprint density at radius 3 is 2.74 bits per heavy atom. The second-order valence-electron chi connectivity index (χ2n) is 4.45. The standard InChI is InChI=1S/C14H12FN3O4S/c15-10-4-3-9(18(21)22)8-11(10)17-13(19)5-6-16-14(20)12-2-1-7-23-12/h1-4,7-8H,5-6H2,(H,16,20)(H,17,19). The first-order valence-electron chi connectivity index (χ1n) is 6.53. The summed E-state index contributed by atoms with van der Waals surface area (Å²) in [5.74, 6) is -1.63. The number of hydrogen-bond donors (Lipinski definition) is 2. The van der Waals surface area contributed by atoms with Crippen LogP contribution in [0.1, 0.15) is 16.1 Å². The van der Waals surface area contributed by atoms with E-state index in [-0.39, 0.29) is 30.2 Å². The van der Waals surface area contributed by atoms with Gasteiger partial charge in [-0.15, -0.1) is 11.3 Å². The van der Waals surface area contributed by atoms with Crippen LogP contribution in [0.5, 0.6) is 0 Å². The van der Waals surface area contributed by atoms with Crippen LogP contribution < -0.4 is 10.6 Å². The smallest absolute Gasteiger partial charge is 0.271 e. The van der Waals surface area contributed by atoms with E-state index in [2.05, 4.69) is 10.6 Å². The molecule has 2 aromatic rings. The normalized spacial score (nSPS) is 10.1. The molecule has 0 spiro atoms. The predicted octanol–water partition coefficient (Wildman–Crippen LogP) is 2.55. The van der Waals surface area contributed by atoms with Gasteiger partial charge in [-0.1, -0.05) is 6.07 Å². The number of rotatable bonds is 6. The first-order chi connectivity index (χ1) is 11.0. The summed E-state index contributed by atoms with van der Waals surface area (Å²) in [5.41, 5.74) is -0.596. The summed E-state index contributed by atoms with van der Waals surface area (Å²) in [4.78, 5) is 33.8. The molecule has 120 valence electrons. The van der Waals surface area contributed by atoms with Gasteiger partial charge >= 0.3 is 0 Å². The molecule has 0 unspecified atom stereocenters. The van der Waals surface area contributed by atoms with Gasteiger partial charge in [0.2, 0.25) is 5.91 Å². The molecule has 0 aliphatic heterocycles. The van der Waals surface area contributed by atoms with Gasteiger partial charge in [0.25, 0.3) is 11.6 Å². The number of halogens is 1. The highest BCUT2D eigenvalue weighted by atomic mass is 32.1. The first-order valence-corrected chi connectivity index (χ1v) is 7.41. The van der Waals surface area contributed by atoms with E-state index >= 15 is 0 Å². The number of non-ortho nitro benzene ring substituents is 1. The Morgan fingerprint density at radius 1 is 1.30 bits per heavy atom. The summed E-state index contributed by atoms with van der Waals surface area (Å²) < 4.78 is 13.5. The van der Waals surface area contributed by atoms with E-state index in [1.54, 1.807) is 17.5 Å². The fraction of sp³-hybridized carbons (Fsp3) is 0.143. The SMILES string of the molecule is O=C(CCNC(=O)c1cccs1)Nc1cc([N+](=O)[O-])ccc1F. The van der Waals surface area contributed by atoms with Crippen molar-refractivity contribution in [2.24, 2.45) is 0 Å². The van der Waals surface area contributed by atoms with Crippen molar-refractivity contribution >= 4 is 34.5 Å². The van der Waals surface area contributed by atoms with Crippen LogP contribution in [0.25, 0.3) is 0 Å². The largest absolute Gasteiger partial charge is 0.351 e. The van der Waals surface area contributed by atoms with E-state index in [1.165, 1.54) is 11.3 Å². The monoisotopic (exact) mass is 337 g/mol. The van der Waals surface area contributed by atoms with E-state index in [9.17, 15) is 24.1 Å². The summed E-state index contributed by atoms with van der Waals surface area (Å²) in [6.45, 7) is 0.0686. The lowest BCUT2D eigenvalue weighted by atomic mass is 10.2. The highest BCUT2D eigenvalue weighted by Crippen LogP contribution is 2.21. The van der Waals surface area contributed by atoms with Gasteiger partial charge in [-0.25, -0.2) is 4.39 Å². The maximum Gasteiger partial charge on any atom is 0.271 e. The third kappa shape index (κ3) is 4.58. The van der Waals surface area contributed by atoms with E-state index in [4.69, 9.17) is 0 Å². The van der Waals surface area contributed by atoms with Crippen molar-refractivity contribution in [1.82, 2.24) is 5.32 Å². The number of carbonyl (C=O) groups is 2. The van der Waals surface area contributed by atoms with Crippen molar-refractivity contribution in [2.45, 2.75) is 6.42 Å². The average Bonchev–Trinajstić information content (AvgIpc) is 3.03. The lowest BCUT2D eigenvalue weighted by molar-refractivity contribution is -0.384. The molecule has 1 aromatic heterocycles. The van der Waals surface area contributed by atoms with Gasteiger partial charge in [0.05, 0.1) is 15.5 Å². The summed E-state index contributed by atoms with van der Waals surface area (Å²) in [6.07, 6.45) is -0.0841. The van der Waals surface area contributed by atoms with Crippen LogP contribution in [0.15, 0.2) is 35.7 Å². The Morgan fingerprint density at radius 2 is 2.09 bits per heavy atom. The number of anilines is 1. The number of carbonyl (C=O) groups excluding carboxylic acids is 2. The summed E-state index contributed by atoms with van der Waals surface area (Å²) >= 11 is 1.27. The van der Waals surface area contributed by atoms with Crippen LogP contribution >= 0.6 is 11.3 Å². The molecule has 9 heteroatoms. The van der Waals surface area contributed by atoms with Crippen LogP contribution in [-0.4, -0.2) is 23.3 Å². The zero-order valence-electron chi connectivity index (χ0n) is 11.7. The molecule has 0 aliphatic carbocycles. The average molecular weight is 337 g/mol. The molecule has 0 fully saturated rings. The number of thiophene rings is 1. The molecule has 1 heterocycles. The summed E-state index contributed by atoms with van der Waals surface area (Å²) in [6, 6.07) is 6.24. The maximum absolute atomic E-state index is 13.5. The molecule has 0 radical (unpaired) electrons. The van der Waals surface area contributed by atoms with Crippen molar-refractivity contribution < 1.29 is 18.9 Å². The molecule has 0 atom stereocenters. The lowest BCUT2D eigenvalue weighted by Gasteiger charge is -2.07. The highest BCUT2D eigenvalue weighted by Gasteiger charge is 2.13. The zero-order valence-corrected chi connectivity index (χ0v) is 12.6. The number of nitro groups is 1. The Hall–Kier alpha value is -2.81. The molecule has 0 saturated carbocycles. The van der Waals surface area contributed by atoms with Crippen LogP contribution in [0.4, 0.5) is 15.8 Å². The molecule has 2 amide bonds. The molecule has 2 rings (SSSR count). The third-order valence-corrected chi connectivity index (χ3v) is 3.69. The van der Waals surface area contributed by atoms with Gasteiger partial charge in [0, 0.05) is 25.1 Å². The van der Waals surface area contributed by atoms with Crippen LogP contribution in [-0.2, 0) is 4.79 Å². The minimum absolute atomic E-state index is 0.0686. The fourth-order valence-electron chi connectivity index (χ4n) is 1.72. The molecule has 0 saturated heterocycles.